The van der Waals surface area contributed by atoms with Gasteiger partial charge < -0.3 is 10.3 Å². The van der Waals surface area contributed by atoms with Crippen molar-refractivity contribution < 1.29 is 9.32 Å². The normalized spacial score (nSPS) is 11.3. The van der Waals surface area contributed by atoms with E-state index in [0.29, 0.717) is 17.7 Å². The first-order valence-electron chi connectivity index (χ1n) is 10.6. The van der Waals surface area contributed by atoms with Gasteiger partial charge in [0.15, 0.2) is 0 Å². The molecule has 4 heteroatoms. The lowest BCUT2D eigenvalue weighted by Gasteiger charge is -2.14. The Kier molecular flexibility index (Phi) is 13.8. The molecule has 4 nitrogen and oxygen atoms in total. The van der Waals surface area contributed by atoms with Crippen molar-refractivity contribution in [2.75, 3.05) is 5.73 Å². The predicted molar refractivity (Wildman–Crippen MR) is 120 cm³/mol. The number of benzene rings is 1. The monoisotopic (exact) mass is 388 g/mol. The first-order chi connectivity index (χ1) is 13.4. The molecule has 2 aromatic rings. The second-order valence-corrected chi connectivity index (χ2v) is 7.55. The number of nitrogens with two attached hydrogens (primary N) is 1. The molecule has 1 aromatic heterocycles. The largest absolute Gasteiger partial charge is 0.368 e. The lowest BCUT2D eigenvalue weighted by atomic mass is 9.91. The first-order valence-corrected chi connectivity index (χ1v) is 10.6. The van der Waals surface area contributed by atoms with Crippen molar-refractivity contribution in [2.24, 2.45) is 5.92 Å². The number of aromatic nitrogens is 1. The fraction of sp³-hybridized carbons (Fsp3) is 0.583. The molecule has 1 heterocycles. The van der Waals surface area contributed by atoms with Crippen molar-refractivity contribution >= 4 is 12.2 Å². The summed E-state index contributed by atoms with van der Waals surface area (Å²) in [7, 11) is 0. The van der Waals surface area contributed by atoms with Crippen molar-refractivity contribution in [3.05, 3.63) is 47.2 Å². The molecule has 0 amide bonds. The van der Waals surface area contributed by atoms with Crippen LogP contribution in [-0.2, 0) is 0 Å². The Bertz CT molecular complexity index is 630. The van der Waals surface area contributed by atoms with Gasteiger partial charge in [-0.05, 0) is 30.2 Å². The summed E-state index contributed by atoms with van der Waals surface area (Å²) in [5, 5.41) is 4.01. The summed E-state index contributed by atoms with van der Waals surface area (Å²) in [5.41, 5.74) is 8.58. The average molecular weight is 389 g/mol. The van der Waals surface area contributed by atoms with E-state index in [1.54, 1.807) is 0 Å². The highest BCUT2D eigenvalue weighted by atomic mass is 16.5. The predicted octanol–water partition coefficient (Wildman–Crippen LogP) is 7.23. The van der Waals surface area contributed by atoms with E-state index in [4.69, 9.17) is 10.3 Å². The van der Waals surface area contributed by atoms with Crippen LogP contribution >= 0.6 is 0 Å². The maximum atomic E-state index is 10.3. The topological polar surface area (TPSA) is 69.1 Å². The molecule has 0 saturated heterocycles. The van der Waals surface area contributed by atoms with Gasteiger partial charge in [-0.3, -0.25) is 4.79 Å². The number of carbonyl (C=O) groups excluding carboxylic acids is 1. The quantitative estimate of drug-likeness (QED) is 0.484. The minimum atomic E-state index is 0.427. The van der Waals surface area contributed by atoms with Gasteiger partial charge >= 0.3 is 0 Å². The van der Waals surface area contributed by atoms with Gasteiger partial charge in [0.2, 0.25) is 5.88 Å². The lowest BCUT2D eigenvalue weighted by Crippen LogP contribution is -2.01. The number of hydrogen-bond donors (Lipinski definition) is 1. The molecular formula is C24H40N2O2. The minimum Gasteiger partial charge on any atom is -0.368 e. The Hall–Kier alpha value is -2.10. The minimum absolute atomic E-state index is 0.427. The molecule has 0 radical (unpaired) electrons. The molecule has 0 fully saturated rings. The van der Waals surface area contributed by atoms with E-state index in [1.165, 1.54) is 31.2 Å². The van der Waals surface area contributed by atoms with Gasteiger partial charge in [0, 0.05) is 17.5 Å². The Morgan fingerprint density at radius 2 is 1.64 bits per heavy atom. The zero-order valence-corrected chi connectivity index (χ0v) is 18.9. The van der Waals surface area contributed by atoms with Crippen LogP contribution in [-0.4, -0.2) is 11.4 Å². The van der Waals surface area contributed by atoms with E-state index in [9.17, 15) is 4.79 Å². The van der Waals surface area contributed by atoms with Gasteiger partial charge in [-0.15, -0.1) is 0 Å². The number of carbonyl (C=O) groups is 1. The zero-order valence-electron chi connectivity index (χ0n) is 18.9. The standard InChI is InChI=1S/C12H22N2O.C10H12O.C2H6/c1-4-5-10(7-6-9(2)3)11-8-12(13)15-14-11;1-8(2)10-5-3-9(7-11)4-6-10;1-2/h8-10H,4-7,13H2,1-3H3;3-8H,1-2H3;1-2H3. The van der Waals surface area contributed by atoms with Gasteiger partial charge in [-0.2, -0.15) is 0 Å². The fourth-order valence-corrected chi connectivity index (χ4v) is 2.78. The number of hydrogen-bond acceptors (Lipinski definition) is 4. The number of aldehydes is 1. The number of nitrogens with zero attached hydrogens (tertiary/aromatic N) is 1. The van der Waals surface area contributed by atoms with Crippen molar-refractivity contribution in [3.8, 4) is 0 Å². The highest BCUT2D eigenvalue weighted by Crippen LogP contribution is 2.28. The van der Waals surface area contributed by atoms with Crippen LogP contribution in [0.25, 0.3) is 0 Å². The van der Waals surface area contributed by atoms with Crippen LogP contribution in [0, 0.1) is 5.92 Å². The Morgan fingerprint density at radius 3 is 2.04 bits per heavy atom. The summed E-state index contributed by atoms with van der Waals surface area (Å²) >= 11 is 0. The van der Waals surface area contributed by atoms with E-state index in [-0.39, 0.29) is 0 Å². The SMILES string of the molecule is CC.CC(C)c1ccc(C=O)cc1.CCCC(CCC(C)C)c1cc(N)on1. The molecule has 158 valence electrons. The second-order valence-electron chi connectivity index (χ2n) is 7.55. The Morgan fingerprint density at radius 1 is 1.04 bits per heavy atom. The summed E-state index contributed by atoms with van der Waals surface area (Å²) in [4.78, 5) is 10.3. The molecule has 1 atom stereocenters. The average Bonchev–Trinajstić information content (AvgIpc) is 3.13. The molecule has 0 aliphatic heterocycles. The van der Waals surface area contributed by atoms with E-state index < -0.39 is 0 Å². The smallest absolute Gasteiger partial charge is 0.222 e. The van der Waals surface area contributed by atoms with Crippen molar-refractivity contribution in [3.63, 3.8) is 0 Å². The Balaban J connectivity index is 0.000000497. The lowest BCUT2D eigenvalue weighted by molar-refractivity contribution is 0.112. The molecule has 2 N–H and O–H groups in total. The van der Waals surface area contributed by atoms with E-state index in [0.717, 1.165) is 23.5 Å². The third kappa shape index (κ3) is 10.3. The van der Waals surface area contributed by atoms with Crippen LogP contribution in [0.1, 0.15) is 108 Å². The molecule has 0 saturated carbocycles. The van der Waals surface area contributed by atoms with Crippen molar-refractivity contribution in [1.82, 2.24) is 5.16 Å². The van der Waals surface area contributed by atoms with Gasteiger partial charge in [0.1, 0.15) is 6.29 Å². The van der Waals surface area contributed by atoms with Crippen LogP contribution < -0.4 is 5.73 Å². The highest BCUT2D eigenvalue weighted by Gasteiger charge is 2.15. The van der Waals surface area contributed by atoms with Crippen LogP contribution in [0.15, 0.2) is 34.9 Å². The van der Waals surface area contributed by atoms with E-state index >= 15 is 0 Å². The summed E-state index contributed by atoms with van der Waals surface area (Å²) in [6.45, 7) is 15.0. The third-order valence-corrected chi connectivity index (χ3v) is 4.43. The maximum Gasteiger partial charge on any atom is 0.222 e. The molecule has 1 unspecified atom stereocenters. The maximum absolute atomic E-state index is 10.3. The van der Waals surface area contributed by atoms with Crippen LogP contribution in [0.4, 0.5) is 5.88 Å². The van der Waals surface area contributed by atoms with Crippen molar-refractivity contribution in [1.29, 1.82) is 0 Å². The Labute approximate surface area is 171 Å². The zero-order chi connectivity index (χ0) is 21.5. The summed E-state index contributed by atoms with van der Waals surface area (Å²) < 4.78 is 4.93. The summed E-state index contributed by atoms with van der Waals surface area (Å²) in [5.74, 6) is 2.22. The van der Waals surface area contributed by atoms with Gasteiger partial charge in [0.05, 0.1) is 5.69 Å². The molecule has 0 aliphatic rings. The molecule has 0 spiro atoms. The molecule has 2 rings (SSSR count). The number of anilines is 1. The van der Waals surface area contributed by atoms with Gasteiger partial charge in [-0.25, -0.2) is 0 Å². The van der Waals surface area contributed by atoms with E-state index in [2.05, 4.69) is 39.8 Å². The van der Waals surface area contributed by atoms with Gasteiger partial charge in [-0.1, -0.05) is 90.7 Å². The number of nitrogen functional groups attached to an aromatic ring is 1. The highest BCUT2D eigenvalue weighted by molar-refractivity contribution is 5.74. The van der Waals surface area contributed by atoms with Crippen molar-refractivity contribution in [2.45, 2.75) is 86.0 Å². The second kappa shape index (κ2) is 14.9. The molecular weight excluding hydrogens is 348 g/mol. The van der Waals surface area contributed by atoms with Crippen LogP contribution in [0.3, 0.4) is 0 Å². The number of rotatable bonds is 8. The first kappa shape index (κ1) is 25.9. The molecule has 0 bridgehead atoms. The van der Waals surface area contributed by atoms with E-state index in [1.807, 2.05) is 44.2 Å². The van der Waals surface area contributed by atoms with Crippen LogP contribution in [0.5, 0.6) is 0 Å². The van der Waals surface area contributed by atoms with Crippen LogP contribution in [0.2, 0.25) is 0 Å². The molecule has 28 heavy (non-hydrogen) atoms. The fourth-order valence-electron chi connectivity index (χ4n) is 2.78. The summed E-state index contributed by atoms with van der Waals surface area (Å²) in [6.07, 6.45) is 5.62. The molecule has 0 aliphatic carbocycles. The third-order valence-electron chi connectivity index (χ3n) is 4.43. The van der Waals surface area contributed by atoms with Gasteiger partial charge in [0.25, 0.3) is 0 Å². The molecule has 1 aromatic carbocycles. The summed E-state index contributed by atoms with van der Waals surface area (Å²) in [6, 6.07) is 9.55.